The van der Waals surface area contributed by atoms with Crippen LogP contribution in [0, 0.1) is 0 Å². The van der Waals surface area contributed by atoms with E-state index in [0.29, 0.717) is 30.1 Å². The van der Waals surface area contributed by atoms with Gasteiger partial charge in [-0.3, -0.25) is 4.79 Å². The van der Waals surface area contributed by atoms with E-state index in [0.717, 1.165) is 50.7 Å². The van der Waals surface area contributed by atoms with E-state index in [9.17, 15) is 23.1 Å². The van der Waals surface area contributed by atoms with E-state index in [1.807, 2.05) is 0 Å². The number of aliphatic hydroxyl groups excluding tert-OH is 1. The number of aromatic nitrogens is 1. The van der Waals surface area contributed by atoms with Crippen molar-refractivity contribution in [1.82, 2.24) is 15.8 Å². The van der Waals surface area contributed by atoms with Crippen LogP contribution in [0.1, 0.15) is 66.6 Å². The molecule has 31 heavy (non-hydrogen) atoms. The monoisotopic (exact) mass is 437 g/mol. The molecule has 2 aliphatic rings. The third-order valence-corrected chi connectivity index (χ3v) is 6.13. The SMILES string of the molecule is O=C(N[C@@H]1CCC[C@H](O)C1)c1noc(-c2ccc(C(F)(F)F)cc2)c1CNC1CCC1. The third-order valence-electron chi connectivity index (χ3n) is 6.13. The van der Waals surface area contributed by atoms with Crippen LogP contribution in [-0.4, -0.2) is 34.4 Å². The summed E-state index contributed by atoms with van der Waals surface area (Å²) in [5.41, 5.74) is 0.332. The van der Waals surface area contributed by atoms with Gasteiger partial charge in [0.25, 0.3) is 5.91 Å². The zero-order valence-electron chi connectivity index (χ0n) is 17.0. The third kappa shape index (κ3) is 5.10. The van der Waals surface area contributed by atoms with Crippen LogP contribution in [0.25, 0.3) is 11.3 Å². The molecule has 1 heterocycles. The lowest BCUT2D eigenvalue weighted by Crippen LogP contribution is -2.40. The van der Waals surface area contributed by atoms with Crippen molar-refractivity contribution in [2.24, 2.45) is 0 Å². The van der Waals surface area contributed by atoms with E-state index in [2.05, 4.69) is 15.8 Å². The zero-order valence-corrected chi connectivity index (χ0v) is 17.0. The highest BCUT2D eigenvalue weighted by Gasteiger charge is 2.31. The Morgan fingerprint density at radius 3 is 2.39 bits per heavy atom. The molecule has 9 heteroatoms. The second-order valence-corrected chi connectivity index (χ2v) is 8.41. The summed E-state index contributed by atoms with van der Waals surface area (Å²) in [6.45, 7) is 0.334. The van der Waals surface area contributed by atoms with Crippen LogP contribution in [0.3, 0.4) is 0 Å². The van der Waals surface area contributed by atoms with Crippen LogP contribution in [0.15, 0.2) is 28.8 Å². The Labute approximate surface area is 178 Å². The van der Waals surface area contributed by atoms with Crippen molar-refractivity contribution in [1.29, 1.82) is 0 Å². The fraction of sp³-hybridized carbons (Fsp3) is 0.545. The maximum Gasteiger partial charge on any atom is 0.416 e. The van der Waals surface area contributed by atoms with Crippen LogP contribution < -0.4 is 10.6 Å². The first-order valence-corrected chi connectivity index (χ1v) is 10.7. The molecule has 0 unspecified atom stereocenters. The summed E-state index contributed by atoms with van der Waals surface area (Å²) in [6, 6.07) is 4.84. The van der Waals surface area contributed by atoms with Gasteiger partial charge in [-0.1, -0.05) is 23.7 Å². The van der Waals surface area contributed by atoms with Gasteiger partial charge in [0, 0.05) is 29.8 Å². The van der Waals surface area contributed by atoms with E-state index < -0.39 is 23.8 Å². The molecule has 2 saturated carbocycles. The summed E-state index contributed by atoms with van der Waals surface area (Å²) >= 11 is 0. The number of hydrogen-bond acceptors (Lipinski definition) is 5. The van der Waals surface area contributed by atoms with Crippen molar-refractivity contribution in [2.45, 2.75) is 75.9 Å². The highest BCUT2D eigenvalue weighted by atomic mass is 19.4. The molecule has 0 aliphatic heterocycles. The van der Waals surface area contributed by atoms with Gasteiger partial charge in [0.05, 0.1) is 11.7 Å². The Hall–Kier alpha value is -2.39. The minimum Gasteiger partial charge on any atom is -0.393 e. The highest BCUT2D eigenvalue weighted by Crippen LogP contribution is 2.33. The van der Waals surface area contributed by atoms with Crippen molar-refractivity contribution >= 4 is 5.91 Å². The fourth-order valence-electron chi connectivity index (χ4n) is 4.10. The molecular weight excluding hydrogens is 411 g/mol. The molecule has 0 spiro atoms. The maximum atomic E-state index is 12.9. The predicted molar refractivity (Wildman–Crippen MR) is 107 cm³/mol. The molecule has 6 nitrogen and oxygen atoms in total. The van der Waals surface area contributed by atoms with Gasteiger partial charge >= 0.3 is 6.18 Å². The molecule has 0 radical (unpaired) electrons. The quantitative estimate of drug-likeness (QED) is 0.635. The first kappa shape index (κ1) is 21.8. The molecule has 2 fully saturated rings. The average Bonchev–Trinajstić information content (AvgIpc) is 3.10. The highest BCUT2D eigenvalue weighted by molar-refractivity contribution is 5.95. The van der Waals surface area contributed by atoms with Crippen molar-refractivity contribution in [2.75, 3.05) is 0 Å². The van der Waals surface area contributed by atoms with Crippen molar-refractivity contribution in [3.63, 3.8) is 0 Å². The molecule has 0 bridgehead atoms. The van der Waals surface area contributed by atoms with Crippen LogP contribution >= 0.6 is 0 Å². The van der Waals surface area contributed by atoms with Gasteiger partial charge in [-0.2, -0.15) is 13.2 Å². The zero-order chi connectivity index (χ0) is 22.0. The summed E-state index contributed by atoms with van der Waals surface area (Å²) in [6.07, 6.45) is 1.20. The number of aliphatic hydroxyl groups is 1. The summed E-state index contributed by atoms with van der Waals surface area (Å²) in [5, 5.41) is 20.1. The Morgan fingerprint density at radius 2 is 1.77 bits per heavy atom. The van der Waals surface area contributed by atoms with Crippen LogP contribution in [0.5, 0.6) is 0 Å². The van der Waals surface area contributed by atoms with Crippen molar-refractivity contribution in [3.8, 4) is 11.3 Å². The molecule has 168 valence electrons. The summed E-state index contributed by atoms with van der Waals surface area (Å²) < 4.78 is 44.1. The number of nitrogens with one attached hydrogen (secondary N) is 2. The van der Waals surface area contributed by atoms with Gasteiger partial charge in [-0.25, -0.2) is 0 Å². The first-order chi connectivity index (χ1) is 14.8. The molecule has 0 saturated heterocycles. The first-order valence-electron chi connectivity index (χ1n) is 10.7. The van der Waals surface area contributed by atoms with Gasteiger partial charge in [0.1, 0.15) is 0 Å². The van der Waals surface area contributed by atoms with E-state index >= 15 is 0 Å². The van der Waals surface area contributed by atoms with Gasteiger partial charge < -0.3 is 20.3 Å². The van der Waals surface area contributed by atoms with Crippen LogP contribution in [0.4, 0.5) is 13.2 Å². The summed E-state index contributed by atoms with van der Waals surface area (Å²) in [5.74, 6) is -0.110. The Bertz CT molecular complexity index is 907. The topological polar surface area (TPSA) is 87.4 Å². The van der Waals surface area contributed by atoms with E-state index in [1.165, 1.54) is 12.1 Å². The molecule has 2 aliphatic carbocycles. The minimum atomic E-state index is -4.43. The molecule has 2 atom stereocenters. The molecule has 3 N–H and O–H groups in total. The van der Waals surface area contributed by atoms with Crippen LogP contribution in [0.2, 0.25) is 0 Å². The molecule has 1 aromatic carbocycles. The lowest BCUT2D eigenvalue weighted by molar-refractivity contribution is -0.137. The Balaban J connectivity index is 1.57. The normalized spacial score (nSPS) is 22.2. The lowest BCUT2D eigenvalue weighted by Gasteiger charge is -2.27. The fourth-order valence-corrected chi connectivity index (χ4v) is 4.10. The second kappa shape index (κ2) is 9.00. The number of carbonyl (C=O) groups is 1. The van der Waals surface area contributed by atoms with E-state index in [-0.39, 0.29) is 17.5 Å². The van der Waals surface area contributed by atoms with Gasteiger partial charge in [-0.15, -0.1) is 0 Å². The number of alkyl halides is 3. The van der Waals surface area contributed by atoms with Crippen LogP contribution in [-0.2, 0) is 12.7 Å². The average molecular weight is 437 g/mol. The Morgan fingerprint density at radius 1 is 1.10 bits per heavy atom. The van der Waals surface area contributed by atoms with E-state index in [1.54, 1.807) is 0 Å². The van der Waals surface area contributed by atoms with Gasteiger partial charge in [-0.05, 0) is 50.7 Å². The number of nitrogens with zero attached hydrogens (tertiary/aromatic N) is 1. The Kier molecular flexibility index (Phi) is 6.34. The summed E-state index contributed by atoms with van der Waals surface area (Å²) in [7, 11) is 0. The molecule has 2 aromatic rings. The second-order valence-electron chi connectivity index (χ2n) is 8.41. The number of carbonyl (C=O) groups excluding carboxylic acids is 1. The van der Waals surface area contributed by atoms with Crippen molar-refractivity contribution < 1.29 is 27.6 Å². The largest absolute Gasteiger partial charge is 0.416 e. The number of amides is 1. The number of rotatable bonds is 6. The number of hydrogen-bond donors (Lipinski definition) is 3. The molecule has 1 aromatic heterocycles. The lowest BCUT2D eigenvalue weighted by atomic mass is 9.92. The minimum absolute atomic E-state index is 0.127. The molecule has 4 rings (SSSR count). The maximum absolute atomic E-state index is 12.9. The van der Waals surface area contributed by atoms with E-state index in [4.69, 9.17) is 4.52 Å². The molecular formula is C22H26F3N3O3. The summed E-state index contributed by atoms with van der Waals surface area (Å²) in [4.78, 5) is 12.9. The molecule has 1 amide bonds. The predicted octanol–water partition coefficient (Wildman–Crippen LogP) is 4.04. The van der Waals surface area contributed by atoms with Gasteiger partial charge in [0.15, 0.2) is 11.5 Å². The standard InChI is InChI=1S/C22H26F3N3O3/c23-22(24,25)14-9-7-13(8-10-14)20-18(12-26-15-3-1-4-15)19(28-31-20)21(30)27-16-5-2-6-17(29)11-16/h7-10,15-17,26,29H,1-6,11-12H2,(H,27,30)/t16-,17+/m1/s1. The van der Waals surface area contributed by atoms with Crippen molar-refractivity contribution in [3.05, 3.63) is 41.1 Å². The smallest absolute Gasteiger partial charge is 0.393 e. The van der Waals surface area contributed by atoms with Gasteiger partial charge in [0.2, 0.25) is 0 Å². The number of benzene rings is 1. The number of halogens is 3.